The molecule has 0 saturated carbocycles. The Bertz CT molecular complexity index is 1030. The first-order valence-electron chi connectivity index (χ1n) is 11.3. The predicted molar refractivity (Wildman–Crippen MR) is 127 cm³/mol. The number of rotatable bonds is 9. The van der Waals surface area contributed by atoms with Gasteiger partial charge in [-0.15, -0.1) is 0 Å². The Morgan fingerprint density at radius 1 is 1.06 bits per heavy atom. The Labute approximate surface area is 194 Å². The maximum absolute atomic E-state index is 12.3. The minimum Gasteiger partial charge on any atom is -0.489 e. The van der Waals surface area contributed by atoms with Gasteiger partial charge in [0.2, 0.25) is 5.91 Å². The summed E-state index contributed by atoms with van der Waals surface area (Å²) in [5.41, 5.74) is 4.14. The highest BCUT2D eigenvalue weighted by atomic mass is 16.5. The maximum Gasteiger partial charge on any atom is 0.224 e. The Kier molecular flexibility index (Phi) is 8.00. The summed E-state index contributed by atoms with van der Waals surface area (Å²) < 4.78 is 11.1. The fourth-order valence-corrected chi connectivity index (χ4v) is 3.70. The molecule has 0 aliphatic carbocycles. The highest BCUT2D eigenvalue weighted by Gasteiger charge is 2.10. The van der Waals surface area contributed by atoms with Crippen LogP contribution in [0.5, 0.6) is 5.75 Å². The van der Waals surface area contributed by atoms with Crippen LogP contribution in [-0.2, 0) is 22.5 Å². The lowest BCUT2D eigenvalue weighted by Gasteiger charge is -2.26. The van der Waals surface area contributed by atoms with E-state index in [9.17, 15) is 4.79 Å². The summed E-state index contributed by atoms with van der Waals surface area (Å²) in [6, 6.07) is 15.9. The molecule has 1 N–H and O–H groups in total. The molecule has 3 aromatic rings. The summed E-state index contributed by atoms with van der Waals surface area (Å²) in [6.45, 7) is 7.52. The van der Waals surface area contributed by atoms with Crippen LogP contribution in [0.2, 0.25) is 0 Å². The van der Waals surface area contributed by atoms with Crippen molar-refractivity contribution in [1.29, 1.82) is 0 Å². The SMILES string of the molecule is Cc1cccc(CNC(=O)Cc2ccc(-c3ncc(OCCN4CCOCC4)cn3)cc2)c1. The van der Waals surface area contributed by atoms with Crippen LogP contribution in [-0.4, -0.2) is 60.2 Å². The summed E-state index contributed by atoms with van der Waals surface area (Å²) >= 11 is 0. The summed E-state index contributed by atoms with van der Waals surface area (Å²) in [6.07, 6.45) is 3.74. The van der Waals surface area contributed by atoms with Gasteiger partial charge in [-0.25, -0.2) is 9.97 Å². The van der Waals surface area contributed by atoms with Crippen molar-refractivity contribution in [2.45, 2.75) is 19.9 Å². The third-order valence-corrected chi connectivity index (χ3v) is 5.56. The van der Waals surface area contributed by atoms with Gasteiger partial charge in [-0.05, 0) is 18.1 Å². The lowest BCUT2D eigenvalue weighted by molar-refractivity contribution is -0.120. The molecular formula is C26H30N4O3. The third kappa shape index (κ3) is 7.10. The van der Waals surface area contributed by atoms with Gasteiger partial charge in [-0.2, -0.15) is 0 Å². The largest absolute Gasteiger partial charge is 0.489 e. The lowest BCUT2D eigenvalue weighted by Crippen LogP contribution is -2.38. The fourth-order valence-electron chi connectivity index (χ4n) is 3.70. The molecule has 4 rings (SSSR count). The van der Waals surface area contributed by atoms with Crippen LogP contribution in [0, 0.1) is 6.92 Å². The topological polar surface area (TPSA) is 76.6 Å². The molecule has 1 amide bonds. The zero-order chi connectivity index (χ0) is 22.9. The smallest absolute Gasteiger partial charge is 0.224 e. The van der Waals surface area contributed by atoms with Crippen molar-refractivity contribution in [1.82, 2.24) is 20.2 Å². The number of carbonyl (C=O) groups excluding carboxylic acids is 1. The molecule has 1 saturated heterocycles. The Morgan fingerprint density at radius 3 is 2.55 bits per heavy atom. The first-order valence-corrected chi connectivity index (χ1v) is 11.3. The van der Waals surface area contributed by atoms with Crippen LogP contribution in [0.25, 0.3) is 11.4 Å². The lowest BCUT2D eigenvalue weighted by atomic mass is 10.1. The molecule has 1 aliphatic heterocycles. The van der Waals surface area contributed by atoms with Crippen LogP contribution in [0.3, 0.4) is 0 Å². The summed E-state index contributed by atoms with van der Waals surface area (Å²) in [5, 5.41) is 2.98. The molecule has 0 atom stereocenters. The van der Waals surface area contributed by atoms with Crippen molar-refractivity contribution < 1.29 is 14.3 Å². The van der Waals surface area contributed by atoms with Crippen molar-refractivity contribution in [2.75, 3.05) is 39.5 Å². The van der Waals surface area contributed by atoms with E-state index >= 15 is 0 Å². The van der Waals surface area contributed by atoms with Gasteiger partial charge >= 0.3 is 0 Å². The molecule has 1 fully saturated rings. The Morgan fingerprint density at radius 2 is 1.82 bits per heavy atom. The number of benzene rings is 2. The van der Waals surface area contributed by atoms with E-state index in [2.05, 4.69) is 26.3 Å². The Hall–Kier alpha value is -3.29. The molecule has 172 valence electrons. The summed E-state index contributed by atoms with van der Waals surface area (Å²) in [7, 11) is 0. The number of aromatic nitrogens is 2. The normalized spacial score (nSPS) is 14.1. The van der Waals surface area contributed by atoms with Gasteiger partial charge in [0, 0.05) is 31.7 Å². The number of hydrogen-bond donors (Lipinski definition) is 1. The summed E-state index contributed by atoms with van der Waals surface area (Å²) in [5.74, 6) is 1.29. The van der Waals surface area contributed by atoms with Gasteiger partial charge in [0.05, 0.1) is 32.0 Å². The number of carbonyl (C=O) groups is 1. The molecule has 7 heteroatoms. The molecule has 0 bridgehead atoms. The van der Waals surface area contributed by atoms with Crippen LogP contribution in [0.1, 0.15) is 16.7 Å². The molecule has 7 nitrogen and oxygen atoms in total. The molecule has 0 spiro atoms. The van der Waals surface area contributed by atoms with Crippen LogP contribution in [0.4, 0.5) is 0 Å². The van der Waals surface area contributed by atoms with E-state index in [1.54, 1.807) is 12.4 Å². The van der Waals surface area contributed by atoms with Crippen molar-refractivity contribution in [3.05, 3.63) is 77.6 Å². The number of aryl methyl sites for hydroxylation is 1. The van der Waals surface area contributed by atoms with E-state index in [0.717, 1.165) is 49.5 Å². The second kappa shape index (κ2) is 11.5. The number of ether oxygens (including phenoxy) is 2. The molecule has 2 heterocycles. The van der Waals surface area contributed by atoms with E-state index < -0.39 is 0 Å². The van der Waals surface area contributed by atoms with Crippen LogP contribution in [0.15, 0.2) is 60.9 Å². The van der Waals surface area contributed by atoms with E-state index in [4.69, 9.17) is 9.47 Å². The standard InChI is InChI=1S/C26H30N4O3/c1-20-3-2-4-22(15-20)17-27-25(31)16-21-5-7-23(8-6-21)26-28-18-24(19-29-26)33-14-11-30-9-12-32-13-10-30/h2-8,15,18-19H,9-14,16-17H2,1H3,(H,27,31). The number of amides is 1. The zero-order valence-electron chi connectivity index (χ0n) is 19.0. The van der Waals surface area contributed by atoms with E-state index in [1.165, 1.54) is 5.56 Å². The van der Waals surface area contributed by atoms with E-state index in [-0.39, 0.29) is 5.91 Å². The maximum atomic E-state index is 12.3. The number of hydrogen-bond acceptors (Lipinski definition) is 6. The van der Waals surface area contributed by atoms with Crippen molar-refractivity contribution >= 4 is 5.91 Å². The number of nitrogens with zero attached hydrogens (tertiary/aromatic N) is 3. The fraction of sp³-hybridized carbons (Fsp3) is 0.346. The zero-order valence-corrected chi connectivity index (χ0v) is 19.0. The molecule has 0 radical (unpaired) electrons. The van der Waals surface area contributed by atoms with Crippen LogP contribution < -0.4 is 10.1 Å². The summed E-state index contributed by atoms with van der Waals surface area (Å²) in [4.78, 5) is 23.5. The molecule has 0 unspecified atom stereocenters. The van der Waals surface area contributed by atoms with Gasteiger partial charge in [0.25, 0.3) is 0 Å². The van der Waals surface area contributed by atoms with Gasteiger partial charge < -0.3 is 14.8 Å². The quantitative estimate of drug-likeness (QED) is 0.545. The predicted octanol–water partition coefficient (Wildman–Crippen LogP) is 3.02. The van der Waals surface area contributed by atoms with Gasteiger partial charge in [0.1, 0.15) is 6.61 Å². The number of morpholine rings is 1. The van der Waals surface area contributed by atoms with E-state index in [0.29, 0.717) is 31.1 Å². The van der Waals surface area contributed by atoms with Gasteiger partial charge in [0.15, 0.2) is 11.6 Å². The minimum atomic E-state index is -0.000845. The average Bonchev–Trinajstić information content (AvgIpc) is 2.85. The molecule has 33 heavy (non-hydrogen) atoms. The van der Waals surface area contributed by atoms with Crippen LogP contribution >= 0.6 is 0 Å². The highest BCUT2D eigenvalue weighted by Crippen LogP contribution is 2.18. The number of nitrogens with one attached hydrogen (secondary N) is 1. The van der Waals surface area contributed by atoms with Crippen molar-refractivity contribution in [3.8, 4) is 17.1 Å². The molecule has 1 aromatic heterocycles. The van der Waals surface area contributed by atoms with Gasteiger partial charge in [-0.1, -0.05) is 54.1 Å². The molecular weight excluding hydrogens is 416 g/mol. The second-order valence-corrected chi connectivity index (χ2v) is 8.18. The average molecular weight is 447 g/mol. The van der Waals surface area contributed by atoms with Gasteiger partial charge in [-0.3, -0.25) is 9.69 Å². The molecule has 1 aliphatic rings. The van der Waals surface area contributed by atoms with Crippen molar-refractivity contribution in [3.63, 3.8) is 0 Å². The second-order valence-electron chi connectivity index (χ2n) is 8.18. The minimum absolute atomic E-state index is 0.000845. The molecule has 2 aromatic carbocycles. The first-order chi connectivity index (χ1) is 16.2. The van der Waals surface area contributed by atoms with Crippen molar-refractivity contribution in [2.24, 2.45) is 0 Å². The third-order valence-electron chi connectivity index (χ3n) is 5.56. The highest BCUT2D eigenvalue weighted by molar-refractivity contribution is 5.78. The monoisotopic (exact) mass is 446 g/mol. The van der Waals surface area contributed by atoms with E-state index in [1.807, 2.05) is 49.4 Å². The Balaban J connectivity index is 1.23. The first kappa shape index (κ1) is 22.9.